The molecule has 0 bridgehead atoms. The van der Waals surface area contributed by atoms with E-state index in [4.69, 9.17) is 20.3 Å². The van der Waals surface area contributed by atoms with Gasteiger partial charge in [0.2, 0.25) is 23.6 Å². The molecule has 4 amide bonds. The lowest BCUT2D eigenvalue weighted by Crippen LogP contribution is -2.49. The molecule has 1 rings (SSSR count). The number of nitrogens with one attached hydrogen (secondary N) is 3. The maximum Gasteiger partial charge on any atom is 0.326 e. The highest BCUT2D eigenvalue weighted by Gasteiger charge is 2.23. The zero-order chi connectivity index (χ0) is 30.1. The quantitative estimate of drug-likeness (QED) is 0.0781. The van der Waals surface area contributed by atoms with Crippen LogP contribution < -0.4 is 21.8 Å². The molecule has 0 unspecified atom stereocenters. The zero-order valence-corrected chi connectivity index (χ0v) is 23.6. The first-order valence-corrected chi connectivity index (χ1v) is 12.8. The predicted octanol–water partition coefficient (Wildman–Crippen LogP) is -2.33. The van der Waals surface area contributed by atoms with Crippen LogP contribution in [0.4, 0.5) is 0 Å². The van der Waals surface area contributed by atoms with Crippen LogP contribution in [-0.4, -0.2) is 120 Å². The fourth-order valence-corrected chi connectivity index (χ4v) is 3.25. The maximum atomic E-state index is 12.5. The van der Waals surface area contributed by atoms with Crippen molar-refractivity contribution in [3.05, 3.63) is 18.2 Å². The van der Waals surface area contributed by atoms with E-state index >= 15 is 0 Å². The van der Waals surface area contributed by atoms with Gasteiger partial charge >= 0.3 is 5.97 Å². The number of carboxylic acid groups (broad SMARTS) is 1. The Balaban J connectivity index is 2.28. The summed E-state index contributed by atoms with van der Waals surface area (Å²) in [7, 11) is 5.09. The molecule has 0 spiro atoms. The van der Waals surface area contributed by atoms with E-state index in [2.05, 4.69) is 21.0 Å². The van der Waals surface area contributed by atoms with Crippen molar-refractivity contribution in [1.29, 1.82) is 0 Å². The Bertz CT molecular complexity index is 972. The van der Waals surface area contributed by atoms with Crippen molar-refractivity contribution < 1.29 is 38.6 Å². The van der Waals surface area contributed by atoms with Gasteiger partial charge in [0.25, 0.3) is 0 Å². The SMILES string of the molecule is CNN(C)Cc1cn(CCC(=O)N[C@@H](CC(N)=O)C(=O)NCCOCCOCCC(=O)N(C)[C@@H](C)C(=O)O)cn1. The summed E-state index contributed by atoms with van der Waals surface area (Å²) in [5.41, 5.74) is 9.03. The first kappa shape index (κ1) is 34.4. The van der Waals surface area contributed by atoms with Crippen molar-refractivity contribution in [2.75, 3.05) is 54.1 Å². The van der Waals surface area contributed by atoms with Crippen LogP contribution in [0, 0.1) is 0 Å². The Hall–Kier alpha value is -3.60. The Morgan fingerprint density at radius 1 is 1.10 bits per heavy atom. The number of carbonyl (C=O) groups excluding carboxylic acids is 4. The van der Waals surface area contributed by atoms with Gasteiger partial charge in [0.15, 0.2) is 0 Å². The summed E-state index contributed by atoms with van der Waals surface area (Å²) in [6, 6.07) is -2.04. The van der Waals surface area contributed by atoms with E-state index in [1.54, 1.807) is 17.9 Å². The van der Waals surface area contributed by atoms with Gasteiger partial charge in [-0.1, -0.05) is 0 Å². The molecule has 0 aromatic carbocycles. The van der Waals surface area contributed by atoms with Crippen molar-refractivity contribution in [3.8, 4) is 0 Å². The Morgan fingerprint density at radius 2 is 1.77 bits per heavy atom. The third-order valence-corrected chi connectivity index (χ3v) is 5.83. The Kier molecular flexibility index (Phi) is 16.0. The van der Waals surface area contributed by atoms with Crippen molar-refractivity contribution in [1.82, 2.24) is 35.5 Å². The summed E-state index contributed by atoms with van der Waals surface area (Å²) >= 11 is 0. The largest absolute Gasteiger partial charge is 0.480 e. The number of hydrogen-bond donors (Lipinski definition) is 5. The molecule has 1 heterocycles. The predicted molar refractivity (Wildman–Crippen MR) is 142 cm³/mol. The zero-order valence-electron chi connectivity index (χ0n) is 23.6. The van der Waals surface area contributed by atoms with E-state index < -0.39 is 35.8 Å². The van der Waals surface area contributed by atoms with Gasteiger partial charge in [0.1, 0.15) is 12.1 Å². The fraction of sp³-hybridized carbons (Fsp3) is 0.667. The number of primary amides is 1. The first-order chi connectivity index (χ1) is 18.9. The lowest BCUT2D eigenvalue weighted by Gasteiger charge is -2.21. The summed E-state index contributed by atoms with van der Waals surface area (Å²) < 4.78 is 12.4. The molecule has 1 aromatic heterocycles. The first-order valence-electron chi connectivity index (χ1n) is 12.8. The number of carbonyl (C=O) groups is 5. The molecule has 6 N–H and O–H groups in total. The van der Waals surface area contributed by atoms with E-state index in [1.165, 1.54) is 14.0 Å². The summed E-state index contributed by atoms with van der Waals surface area (Å²) in [6.45, 7) is 3.13. The molecule has 16 heteroatoms. The van der Waals surface area contributed by atoms with Crippen molar-refractivity contribution >= 4 is 29.6 Å². The average Bonchev–Trinajstić information content (AvgIpc) is 3.35. The Morgan fingerprint density at radius 3 is 2.40 bits per heavy atom. The number of amides is 4. The van der Waals surface area contributed by atoms with Gasteiger partial charge in [-0.15, -0.1) is 0 Å². The second-order valence-corrected chi connectivity index (χ2v) is 9.01. The molecular weight excluding hydrogens is 528 g/mol. The summed E-state index contributed by atoms with van der Waals surface area (Å²) in [5, 5.41) is 15.9. The lowest BCUT2D eigenvalue weighted by molar-refractivity contribution is -0.148. The number of nitrogens with zero attached hydrogens (tertiary/aromatic N) is 4. The van der Waals surface area contributed by atoms with Crippen LogP contribution in [0.25, 0.3) is 0 Å². The molecule has 0 aliphatic rings. The standard InChI is InChI=1S/C24H42N8O8/c1-17(24(37)38)31(4)22(35)6-9-39-11-12-40-10-7-27-23(36)19(13-20(25)33)29-21(34)5-8-32-15-18(28-16-32)14-30(3)26-2/h15-17,19,26H,5-14H2,1-4H3,(H2,25,33)(H,27,36)(H,29,34)(H,37,38)/t17-,19-/m0/s1. The number of carboxylic acids is 1. The fourth-order valence-electron chi connectivity index (χ4n) is 3.25. The van der Waals surface area contributed by atoms with Crippen molar-refractivity contribution in [2.45, 2.75) is 51.4 Å². The van der Waals surface area contributed by atoms with Gasteiger partial charge in [-0.3, -0.25) is 24.6 Å². The van der Waals surface area contributed by atoms with Crippen molar-refractivity contribution in [3.63, 3.8) is 0 Å². The molecule has 226 valence electrons. The molecule has 0 aliphatic carbocycles. The summed E-state index contributed by atoms with van der Waals surface area (Å²) in [5.74, 6) is -3.15. The highest BCUT2D eigenvalue weighted by Crippen LogP contribution is 2.02. The molecule has 0 saturated carbocycles. The lowest BCUT2D eigenvalue weighted by atomic mass is 10.1. The number of aromatic nitrogens is 2. The topological polar surface area (TPSA) is 210 Å². The minimum Gasteiger partial charge on any atom is -0.480 e. The van der Waals surface area contributed by atoms with E-state index in [-0.39, 0.29) is 58.1 Å². The van der Waals surface area contributed by atoms with Gasteiger partial charge in [-0.05, 0) is 14.0 Å². The second-order valence-electron chi connectivity index (χ2n) is 9.01. The number of aryl methyl sites for hydroxylation is 1. The molecule has 1 aromatic rings. The normalized spacial score (nSPS) is 12.5. The van der Waals surface area contributed by atoms with Crippen LogP contribution in [0.1, 0.15) is 31.9 Å². The molecular formula is C24H42N8O8. The van der Waals surface area contributed by atoms with Crippen LogP contribution in [-0.2, 0) is 46.5 Å². The molecule has 0 fully saturated rings. The highest BCUT2D eigenvalue weighted by atomic mass is 16.5. The van der Waals surface area contributed by atoms with Gasteiger partial charge < -0.3 is 40.4 Å². The smallest absolute Gasteiger partial charge is 0.326 e. The molecule has 2 atom stereocenters. The molecule has 0 saturated heterocycles. The van der Waals surface area contributed by atoms with Crippen LogP contribution in [0.15, 0.2) is 12.5 Å². The number of hydrogen-bond acceptors (Lipinski definition) is 10. The van der Waals surface area contributed by atoms with Gasteiger partial charge in [0, 0.05) is 39.8 Å². The van der Waals surface area contributed by atoms with E-state index in [1.807, 2.05) is 18.3 Å². The summed E-state index contributed by atoms with van der Waals surface area (Å²) in [6.07, 6.45) is 3.20. The Labute approximate surface area is 233 Å². The third-order valence-electron chi connectivity index (χ3n) is 5.83. The van der Waals surface area contributed by atoms with E-state index in [0.717, 1.165) is 10.6 Å². The van der Waals surface area contributed by atoms with E-state index in [0.29, 0.717) is 13.1 Å². The minimum atomic E-state index is -1.12. The average molecular weight is 571 g/mol. The number of likely N-dealkylation sites (N-methyl/N-ethyl adjacent to an activating group) is 1. The van der Waals surface area contributed by atoms with Crippen LogP contribution in [0.5, 0.6) is 0 Å². The summed E-state index contributed by atoms with van der Waals surface area (Å²) in [4.78, 5) is 64.6. The number of ether oxygens (including phenoxy) is 2. The molecule has 40 heavy (non-hydrogen) atoms. The molecule has 0 radical (unpaired) electrons. The number of nitrogens with two attached hydrogens (primary N) is 1. The number of hydrazine groups is 1. The van der Waals surface area contributed by atoms with E-state index in [9.17, 15) is 24.0 Å². The number of imidazole rings is 1. The second kappa shape index (κ2) is 18.6. The molecule has 16 nitrogen and oxygen atoms in total. The third kappa shape index (κ3) is 14.0. The number of aliphatic carboxylic acids is 1. The minimum absolute atomic E-state index is 0.0365. The molecule has 0 aliphatic heterocycles. The van der Waals surface area contributed by atoms with Crippen LogP contribution in [0.3, 0.4) is 0 Å². The van der Waals surface area contributed by atoms with Gasteiger partial charge in [0.05, 0.1) is 57.8 Å². The highest BCUT2D eigenvalue weighted by molar-refractivity contribution is 5.91. The van der Waals surface area contributed by atoms with Gasteiger partial charge in [-0.25, -0.2) is 14.8 Å². The van der Waals surface area contributed by atoms with Crippen LogP contribution in [0.2, 0.25) is 0 Å². The van der Waals surface area contributed by atoms with Gasteiger partial charge in [-0.2, -0.15) is 0 Å². The number of rotatable bonds is 21. The monoisotopic (exact) mass is 570 g/mol. The van der Waals surface area contributed by atoms with Crippen molar-refractivity contribution in [2.24, 2.45) is 5.73 Å². The maximum absolute atomic E-state index is 12.5. The van der Waals surface area contributed by atoms with Crippen LogP contribution >= 0.6 is 0 Å².